The van der Waals surface area contributed by atoms with Gasteiger partial charge in [0.15, 0.2) is 0 Å². The molecule has 0 spiro atoms. The van der Waals surface area contributed by atoms with Gasteiger partial charge in [-0.05, 0) is 43.4 Å². The average molecular weight is 305 g/mol. The minimum atomic E-state index is -0.288. The van der Waals surface area contributed by atoms with Crippen molar-refractivity contribution in [2.24, 2.45) is 11.3 Å². The van der Waals surface area contributed by atoms with Crippen molar-refractivity contribution in [2.75, 3.05) is 5.32 Å². The molecule has 0 atom stereocenters. The number of benzene rings is 1. The third kappa shape index (κ3) is 3.57. The Kier molecular flexibility index (Phi) is 4.90. The maximum Gasteiger partial charge on any atom is 0.230 e. The molecule has 1 aromatic rings. The smallest absolute Gasteiger partial charge is 0.230 e. The predicted molar refractivity (Wildman–Crippen MR) is 85.2 cm³/mol. The largest absolute Gasteiger partial charge is 0.324 e. The Labute approximate surface area is 131 Å². The van der Waals surface area contributed by atoms with E-state index in [0.29, 0.717) is 22.2 Å². The highest BCUT2D eigenvalue weighted by molar-refractivity contribution is 6.31. The van der Waals surface area contributed by atoms with Crippen LogP contribution in [0, 0.1) is 22.7 Å². The second-order valence-electron chi connectivity index (χ2n) is 6.34. The molecule has 0 radical (unpaired) electrons. The Hall–Kier alpha value is -1.53. The molecule has 0 unspecified atom stereocenters. The van der Waals surface area contributed by atoms with Crippen molar-refractivity contribution in [1.29, 1.82) is 5.26 Å². The molecule has 2 rings (SSSR count). The fourth-order valence-corrected chi connectivity index (χ4v) is 3.50. The zero-order valence-electron chi connectivity index (χ0n) is 12.6. The fraction of sp³-hybridized carbons (Fsp3) is 0.529. The zero-order chi connectivity index (χ0) is 15.5. The van der Waals surface area contributed by atoms with Crippen LogP contribution in [-0.4, -0.2) is 5.91 Å². The zero-order valence-corrected chi connectivity index (χ0v) is 13.3. The van der Waals surface area contributed by atoms with Crippen LogP contribution in [0.3, 0.4) is 0 Å². The summed E-state index contributed by atoms with van der Waals surface area (Å²) >= 11 is 5.98. The van der Waals surface area contributed by atoms with Crippen molar-refractivity contribution in [3.8, 4) is 6.07 Å². The average Bonchev–Trinajstić information content (AvgIpc) is 2.88. The second-order valence-corrected chi connectivity index (χ2v) is 6.78. The Bertz CT molecular complexity index is 569. The van der Waals surface area contributed by atoms with Crippen molar-refractivity contribution < 1.29 is 4.79 Å². The first-order valence-corrected chi connectivity index (χ1v) is 7.86. The highest BCUT2D eigenvalue weighted by Gasteiger charge is 2.41. The molecule has 1 aliphatic rings. The van der Waals surface area contributed by atoms with Crippen molar-refractivity contribution in [3.63, 3.8) is 0 Å². The second kappa shape index (κ2) is 6.49. The van der Waals surface area contributed by atoms with E-state index >= 15 is 0 Å². The Morgan fingerprint density at radius 3 is 2.67 bits per heavy atom. The number of nitrogens with one attached hydrogen (secondary N) is 1. The summed E-state index contributed by atoms with van der Waals surface area (Å²) in [6.07, 6.45) is 4.95. The lowest BCUT2D eigenvalue weighted by Gasteiger charge is -2.29. The summed E-state index contributed by atoms with van der Waals surface area (Å²) in [5.74, 6) is 0.510. The van der Waals surface area contributed by atoms with Gasteiger partial charge in [0.05, 0.1) is 11.3 Å². The topological polar surface area (TPSA) is 52.9 Å². The molecular formula is C17H21ClN2O. The first-order valence-electron chi connectivity index (χ1n) is 7.48. The summed E-state index contributed by atoms with van der Waals surface area (Å²) < 4.78 is 0. The number of rotatable bonds is 4. The standard InChI is InChI=1S/C17H21ClN2O/c1-12(2)10-17(7-3-4-8-17)16(21)20-15-9-14(18)6-5-13(15)11-19/h5-6,9,12H,3-4,7-8,10H2,1-2H3,(H,20,21). The molecule has 112 valence electrons. The van der Waals surface area contributed by atoms with Crippen molar-refractivity contribution in [2.45, 2.75) is 46.0 Å². The van der Waals surface area contributed by atoms with Crippen LogP contribution >= 0.6 is 11.6 Å². The number of nitriles is 1. The van der Waals surface area contributed by atoms with Gasteiger partial charge in [-0.25, -0.2) is 0 Å². The van der Waals surface area contributed by atoms with E-state index in [2.05, 4.69) is 25.2 Å². The van der Waals surface area contributed by atoms with Crippen molar-refractivity contribution in [3.05, 3.63) is 28.8 Å². The highest BCUT2D eigenvalue weighted by Crippen LogP contribution is 2.44. The van der Waals surface area contributed by atoms with E-state index in [0.717, 1.165) is 32.1 Å². The number of anilines is 1. The van der Waals surface area contributed by atoms with Gasteiger partial charge < -0.3 is 5.32 Å². The molecule has 3 nitrogen and oxygen atoms in total. The van der Waals surface area contributed by atoms with E-state index in [1.165, 1.54) is 0 Å². The summed E-state index contributed by atoms with van der Waals surface area (Å²) in [5, 5.41) is 12.6. The van der Waals surface area contributed by atoms with E-state index in [4.69, 9.17) is 16.9 Å². The lowest BCUT2D eigenvalue weighted by atomic mass is 9.77. The Morgan fingerprint density at radius 2 is 2.10 bits per heavy atom. The van der Waals surface area contributed by atoms with Gasteiger partial charge in [-0.2, -0.15) is 5.26 Å². The number of hydrogen-bond donors (Lipinski definition) is 1. The summed E-state index contributed by atoms with van der Waals surface area (Å²) in [6.45, 7) is 4.29. The molecule has 0 saturated heterocycles. The van der Waals surface area contributed by atoms with Crippen LogP contribution in [0.2, 0.25) is 5.02 Å². The quantitative estimate of drug-likeness (QED) is 0.872. The molecule has 0 aromatic heterocycles. The maximum absolute atomic E-state index is 12.8. The first kappa shape index (κ1) is 15.9. The molecule has 0 bridgehead atoms. The summed E-state index contributed by atoms with van der Waals surface area (Å²) in [7, 11) is 0. The van der Waals surface area contributed by atoms with Gasteiger partial charge in [-0.1, -0.05) is 38.3 Å². The third-order valence-electron chi connectivity index (χ3n) is 4.19. The lowest BCUT2D eigenvalue weighted by molar-refractivity contribution is -0.126. The van der Waals surface area contributed by atoms with Gasteiger partial charge in [-0.3, -0.25) is 4.79 Å². The molecule has 1 N–H and O–H groups in total. The normalized spacial score (nSPS) is 16.7. The highest BCUT2D eigenvalue weighted by atomic mass is 35.5. The number of hydrogen-bond acceptors (Lipinski definition) is 2. The van der Waals surface area contributed by atoms with Crippen LogP contribution in [-0.2, 0) is 4.79 Å². The number of halogens is 1. The summed E-state index contributed by atoms with van der Waals surface area (Å²) in [5.41, 5.74) is 0.680. The van der Waals surface area contributed by atoms with Crippen LogP contribution in [0.15, 0.2) is 18.2 Å². The van der Waals surface area contributed by atoms with E-state index in [1.807, 2.05) is 0 Å². The maximum atomic E-state index is 12.8. The molecule has 21 heavy (non-hydrogen) atoms. The van der Waals surface area contributed by atoms with Gasteiger partial charge in [0.25, 0.3) is 0 Å². The summed E-state index contributed by atoms with van der Waals surface area (Å²) in [6, 6.07) is 7.05. The van der Waals surface area contributed by atoms with Crippen molar-refractivity contribution >= 4 is 23.2 Å². The Balaban J connectivity index is 2.24. The van der Waals surface area contributed by atoms with Gasteiger partial charge in [0.1, 0.15) is 6.07 Å². The molecule has 1 amide bonds. The predicted octanol–water partition coefficient (Wildman–Crippen LogP) is 4.76. The fourth-order valence-electron chi connectivity index (χ4n) is 3.33. The lowest BCUT2D eigenvalue weighted by Crippen LogP contribution is -2.35. The molecule has 1 aliphatic carbocycles. The number of amides is 1. The number of carbonyl (C=O) groups is 1. The molecular weight excluding hydrogens is 284 g/mol. The minimum Gasteiger partial charge on any atom is -0.324 e. The molecule has 1 fully saturated rings. The SMILES string of the molecule is CC(C)CC1(C(=O)Nc2cc(Cl)ccc2C#N)CCCC1. The van der Waals surface area contributed by atoms with Gasteiger partial charge in [0.2, 0.25) is 5.91 Å². The van der Waals surface area contributed by atoms with E-state index in [1.54, 1.807) is 18.2 Å². The van der Waals surface area contributed by atoms with Crippen molar-refractivity contribution in [1.82, 2.24) is 0 Å². The van der Waals surface area contributed by atoms with Crippen LogP contribution in [0.5, 0.6) is 0 Å². The van der Waals surface area contributed by atoms with Gasteiger partial charge >= 0.3 is 0 Å². The molecule has 0 heterocycles. The van der Waals surface area contributed by atoms with Crippen LogP contribution in [0.4, 0.5) is 5.69 Å². The van der Waals surface area contributed by atoms with E-state index in [9.17, 15) is 4.79 Å². The molecule has 1 aromatic carbocycles. The third-order valence-corrected chi connectivity index (χ3v) is 4.43. The Morgan fingerprint density at radius 1 is 1.43 bits per heavy atom. The van der Waals surface area contributed by atoms with Gasteiger partial charge in [-0.15, -0.1) is 0 Å². The number of nitrogens with zero attached hydrogens (tertiary/aromatic N) is 1. The van der Waals surface area contributed by atoms with Crippen LogP contribution in [0.25, 0.3) is 0 Å². The monoisotopic (exact) mass is 304 g/mol. The van der Waals surface area contributed by atoms with Crippen LogP contribution < -0.4 is 5.32 Å². The summed E-state index contributed by atoms with van der Waals surface area (Å²) in [4.78, 5) is 12.8. The number of carbonyl (C=O) groups excluding carboxylic acids is 1. The first-order chi connectivity index (χ1) is 9.97. The van der Waals surface area contributed by atoms with E-state index in [-0.39, 0.29) is 11.3 Å². The van der Waals surface area contributed by atoms with Crippen LogP contribution in [0.1, 0.15) is 51.5 Å². The molecule has 1 saturated carbocycles. The molecule has 0 aliphatic heterocycles. The minimum absolute atomic E-state index is 0.0347. The molecule has 4 heteroatoms. The van der Waals surface area contributed by atoms with Gasteiger partial charge in [0, 0.05) is 10.4 Å². The van der Waals surface area contributed by atoms with E-state index < -0.39 is 0 Å².